The topological polar surface area (TPSA) is 53.4 Å². The van der Waals surface area contributed by atoms with Gasteiger partial charge in [-0.05, 0) is 51.7 Å². The molecule has 0 fully saturated rings. The number of nitrogens with zero attached hydrogens (tertiary/aromatic N) is 2. The third-order valence-corrected chi connectivity index (χ3v) is 5.62. The zero-order valence-corrected chi connectivity index (χ0v) is 19.8. The van der Waals surface area contributed by atoms with Crippen LogP contribution in [0, 0.1) is 12.8 Å². The number of benzene rings is 1. The molecule has 0 unspecified atom stereocenters. The molecule has 0 aliphatic heterocycles. The van der Waals surface area contributed by atoms with Crippen LogP contribution < -0.4 is 5.56 Å². The van der Waals surface area contributed by atoms with Gasteiger partial charge in [-0.15, -0.1) is 0 Å². The second-order valence-corrected chi connectivity index (χ2v) is 9.50. The number of hydrogen-bond acceptors (Lipinski definition) is 5. The number of hydrogen-bond donors (Lipinski definition) is 0. The number of thioether (sulfide) groups is 1. The zero-order valence-electron chi connectivity index (χ0n) is 19.0. The van der Waals surface area contributed by atoms with Gasteiger partial charge >= 0.3 is 0 Å². The first-order valence-corrected chi connectivity index (χ1v) is 11.8. The first kappa shape index (κ1) is 24.6. The Kier molecular flexibility index (Phi) is 10.1. The Balaban J connectivity index is 1.72. The van der Waals surface area contributed by atoms with Crippen molar-refractivity contribution in [3.63, 3.8) is 0 Å². The van der Waals surface area contributed by atoms with E-state index in [-0.39, 0.29) is 5.56 Å². The first-order chi connectivity index (χ1) is 14.3. The normalized spacial score (nSPS) is 11.9. The molecule has 0 N–H and O–H groups in total. The van der Waals surface area contributed by atoms with Crippen LogP contribution in [-0.2, 0) is 9.47 Å². The molecule has 0 atom stereocenters. The van der Waals surface area contributed by atoms with Gasteiger partial charge < -0.3 is 9.47 Å². The summed E-state index contributed by atoms with van der Waals surface area (Å²) in [6, 6.07) is 10.0. The summed E-state index contributed by atoms with van der Waals surface area (Å²) >= 11 is 1.64. The van der Waals surface area contributed by atoms with Gasteiger partial charge in [-0.2, -0.15) is 4.98 Å². The van der Waals surface area contributed by atoms with E-state index >= 15 is 0 Å². The van der Waals surface area contributed by atoms with E-state index in [0.29, 0.717) is 24.7 Å². The molecule has 0 radical (unpaired) electrons. The number of rotatable bonds is 13. The van der Waals surface area contributed by atoms with E-state index in [2.05, 4.69) is 18.8 Å². The van der Waals surface area contributed by atoms with Crippen molar-refractivity contribution < 1.29 is 9.47 Å². The van der Waals surface area contributed by atoms with Crippen LogP contribution in [0.25, 0.3) is 5.69 Å². The first-order valence-electron chi connectivity index (χ1n) is 10.8. The number of aryl methyl sites for hydroxylation is 1. The molecule has 0 saturated heterocycles. The number of ether oxygens (including phenoxy) is 2. The van der Waals surface area contributed by atoms with Crippen LogP contribution in [0.3, 0.4) is 0 Å². The van der Waals surface area contributed by atoms with Gasteiger partial charge in [0.2, 0.25) is 0 Å². The van der Waals surface area contributed by atoms with Crippen LogP contribution in [0.4, 0.5) is 0 Å². The van der Waals surface area contributed by atoms with Crippen LogP contribution in [-0.4, -0.2) is 34.3 Å². The van der Waals surface area contributed by atoms with Gasteiger partial charge in [-0.1, -0.05) is 56.7 Å². The summed E-state index contributed by atoms with van der Waals surface area (Å²) in [6.45, 7) is 11.5. The largest absolute Gasteiger partial charge is 0.351 e. The van der Waals surface area contributed by atoms with E-state index in [4.69, 9.17) is 9.47 Å². The summed E-state index contributed by atoms with van der Waals surface area (Å²) in [5, 5.41) is 0.754. The minimum absolute atomic E-state index is 0.149. The molecule has 6 heteroatoms. The van der Waals surface area contributed by atoms with Crippen molar-refractivity contribution in [3.05, 3.63) is 52.4 Å². The maximum atomic E-state index is 12.0. The Bertz CT molecular complexity index is 819. The Hall–Kier alpha value is -1.63. The maximum Gasteiger partial charge on any atom is 0.276 e. The quantitative estimate of drug-likeness (QED) is 0.178. The highest BCUT2D eigenvalue weighted by Gasteiger charge is 2.18. The van der Waals surface area contributed by atoms with Crippen molar-refractivity contribution in [3.8, 4) is 5.69 Å². The molecule has 1 aromatic heterocycles. The van der Waals surface area contributed by atoms with Crippen LogP contribution in [0.1, 0.15) is 58.9 Å². The second-order valence-electron chi connectivity index (χ2n) is 8.43. The Morgan fingerprint density at radius 3 is 2.47 bits per heavy atom. The fourth-order valence-corrected chi connectivity index (χ4v) is 3.83. The molecule has 0 aliphatic carbocycles. The van der Waals surface area contributed by atoms with Gasteiger partial charge in [0.25, 0.3) is 5.56 Å². The predicted molar refractivity (Wildman–Crippen MR) is 125 cm³/mol. The third kappa shape index (κ3) is 8.62. The lowest BCUT2D eigenvalue weighted by molar-refractivity contribution is -0.218. The summed E-state index contributed by atoms with van der Waals surface area (Å²) in [4.78, 5) is 16.3. The SMILES string of the molecule is Cc1cn(-c2ccccc2)c(SCCCCCCOC(C)(C)OCC(C)C)nc1=O. The lowest BCUT2D eigenvalue weighted by Crippen LogP contribution is -2.30. The smallest absolute Gasteiger partial charge is 0.276 e. The van der Waals surface area contributed by atoms with Crippen molar-refractivity contribution in [1.82, 2.24) is 9.55 Å². The van der Waals surface area contributed by atoms with Crippen molar-refractivity contribution in [2.75, 3.05) is 19.0 Å². The second kappa shape index (κ2) is 12.3. The molecule has 0 amide bonds. The highest BCUT2D eigenvalue weighted by atomic mass is 32.2. The van der Waals surface area contributed by atoms with Gasteiger partial charge in [0.1, 0.15) is 0 Å². The van der Waals surface area contributed by atoms with Crippen LogP contribution in [0.5, 0.6) is 0 Å². The molecule has 2 rings (SSSR count). The Morgan fingerprint density at radius 2 is 1.77 bits per heavy atom. The van der Waals surface area contributed by atoms with E-state index in [1.54, 1.807) is 18.7 Å². The molecule has 0 aliphatic rings. The summed E-state index contributed by atoms with van der Waals surface area (Å²) in [5.41, 5.74) is 1.53. The van der Waals surface area contributed by atoms with Crippen LogP contribution in [0.2, 0.25) is 0 Å². The fourth-order valence-electron chi connectivity index (χ4n) is 2.86. The standard InChI is InChI=1S/C24H36N2O3S/c1-19(2)18-29-24(4,5)28-15-11-6-7-12-16-30-23-25-22(27)20(3)17-26(23)21-13-9-8-10-14-21/h8-10,13-14,17,19H,6-7,11-12,15-16,18H2,1-5H3. The fraction of sp³-hybridized carbons (Fsp3) is 0.583. The highest BCUT2D eigenvalue weighted by Crippen LogP contribution is 2.21. The van der Waals surface area contributed by atoms with Gasteiger partial charge in [0.15, 0.2) is 10.9 Å². The van der Waals surface area contributed by atoms with Crippen molar-refractivity contribution in [1.29, 1.82) is 0 Å². The third-order valence-electron chi connectivity index (χ3n) is 4.58. The zero-order chi connectivity index (χ0) is 22.0. The summed E-state index contributed by atoms with van der Waals surface area (Å²) in [7, 11) is 0. The average molecular weight is 433 g/mol. The predicted octanol–water partition coefficient (Wildman–Crippen LogP) is 5.62. The molecule has 166 valence electrons. The van der Waals surface area contributed by atoms with Gasteiger partial charge in [-0.25, -0.2) is 0 Å². The van der Waals surface area contributed by atoms with Gasteiger partial charge in [-0.3, -0.25) is 9.36 Å². The molecule has 0 bridgehead atoms. The number of unbranched alkanes of at least 4 members (excludes halogenated alkanes) is 3. The minimum Gasteiger partial charge on any atom is -0.351 e. The number of para-hydroxylation sites is 1. The van der Waals surface area contributed by atoms with E-state index in [9.17, 15) is 4.79 Å². The maximum absolute atomic E-state index is 12.0. The van der Waals surface area contributed by atoms with Gasteiger partial charge in [0.05, 0.1) is 6.61 Å². The summed E-state index contributed by atoms with van der Waals surface area (Å²) < 4.78 is 13.7. The van der Waals surface area contributed by atoms with Crippen molar-refractivity contribution >= 4 is 11.8 Å². The highest BCUT2D eigenvalue weighted by molar-refractivity contribution is 7.99. The lowest BCUT2D eigenvalue weighted by atomic mass is 10.2. The Morgan fingerprint density at radius 1 is 1.07 bits per heavy atom. The summed E-state index contributed by atoms with van der Waals surface area (Å²) in [5.74, 6) is 0.927. The minimum atomic E-state index is -0.516. The monoisotopic (exact) mass is 432 g/mol. The van der Waals surface area contributed by atoms with E-state index < -0.39 is 5.79 Å². The summed E-state index contributed by atoms with van der Waals surface area (Å²) in [6.07, 6.45) is 6.24. The van der Waals surface area contributed by atoms with E-state index in [0.717, 1.165) is 42.3 Å². The lowest BCUT2D eigenvalue weighted by Gasteiger charge is -2.26. The van der Waals surface area contributed by atoms with Crippen molar-refractivity contribution in [2.45, 2.75) is 71.2 Å². The van der Waals surface area contributed by atoms with Crippen molar-refractivity contribution in [2.24, 2.45) is 5.92 Å². The molecule has 5 nitrogen and oxygen atoms in total. The van der Waals surface area contributed by atoms with E-state index in [1.807, 2.05) is 54.9 Å². The molecular formula is C24H36N2O3S. The molecule has 30 heavy (non-hydrogen) atoms. The van der Waals surface area contributed by atoms with E-state index in [1.165, 1.54) is 0 Å². The molecule has 2 aromatic rings. The Labute approximate surface area is 185 Å². The average Bonchev–Trinajstić information content (AvgIpc) is 2.71. The molecule has 1 heterocycles. The molecule has 1 aromatic carbocycles. The number of aromatic nitrogens is 2. The molecular weight excluding hydrogens is 396 g/mol. The molecule has 0 spiro atoms. The van der Waals surface area contributed by atoms with Crippen LogP contribution in [0.15, 0.2) is 46.5 Å². The van der Waals surface area contributed by atoms with Crippen LogP contribution >= 0.6 is 11.8 Å². The van der Waals surface area contributed by atoms with Gasteiger partial charge in [0, 0.05) is 29.8 Å². The molecule has 0 saturated carbocycles.